The molecule has 0 heterocycles. The third-order valence-corrected chi connectivity index (χ3v) is 1.15. The van der Waals surface area contributed by atoms with Crippen molar-refractivity contribution in [1.82, 2.24) is 0 Å². The van der Waals surface area contributed by atoms with Gasteiger partial charge in [0.1, 0.15) is 0 Å². The van der Waals surface area contributed by atoms with E-state index in [1.54, 1.807) is 7.11 Å². The van der Waals surface area contributed by atoms with Gasteiger partial charge in [-0.3, -0.25) is 0 Å². The minimum atomic E-state index is 0.551. The molecule has 0 bridgehead atoms. The lowest BCUT2D eigenvalue weighted by molar-refractivity contribution is 0.204. The number of hydrogen-bond acceptors (Lipinski definition) is 1. The van der Waals surface area contributed by atoms with Crippen LogP contribution in [0.15, 0.2) is 0 Å². The topological polar surface area (TPSA) is 9.23 Å². The second-order valence-electron chi connectivity index (χ2n) is 2.25. The summed E-state index contributed by atoms with van der Waals surface area (Å²) in [4.78, 5) is 0. The summed E-state index contributed by atoms with van der Waals surface area (Å²) in [5, 5.41) is 0. The molecule has 0 aromatic rings. The van der Waals surface area contributed by atoms with E-state index in [1.807, 2.05) is 0 Å². The molecule has 0 saturated carbocycles. The Bertz CT molecular complexity index is 50.3. The minimum Gasteiger partial charge on any atom is -0.346 e. The van der Waals surface area contributed by atoms with Crippen LogP contribution in [0.2, 0.25) is 0 Å². The van der Waals surface area contributed by atoms with Crippen molar-refractivity contribution in [1.29, 1.82) is 0 Å². The van der Waals surface area contributed by atoms with Crippen molar-refractivity contribution in [2.45, 2.75) is 13.8 Å². The van der Waals surface area contributed by atoms with Crippen molar-refractivity contribution in [3.8, 4) is 0 Å². The molecule has 0 aromatic heterocycles. The van der Waals surface area contributed by atoms with Crippen LogP contribution in [-0.4, -0.2) is 13.7 Å². The first-order chi connectivity index (χ1) is 3.68. The number of rotatable bonds is 3. The van der Waals surface area contributed by atoms with E-state index in [0.717, 1.165) is 5.92 Å². The van der Waals surface area contributed by atoms with Crippen LogP contribution in [0.1, 0.15) is 13.8 Å². The number of ether oxygens (including phenoxy) is 1. The van der Waals surface area contributed by atoms with Crippen LogP contribution in [-0.2, 0) is 4.74 Å². The number of hydrogen-bond donors (Lipinski definition) is 0. The summed E-state index contributed by atoms with van der Waals surface area (Å²) >= 11 is 0. The molecular formula is C7H14O. The Morgan fingerprint density at radius 2 is 2.12 bits per heavy atom. The minimum absolute atomic E-state index is 0.551. The van der Waals surface area contributed by atoms with Crippen LogP contribution < -0.4 is 0 Å². The maximum absolute atomic E-state index is 4.87. The molecule has 0 amide bonds. The molecule has 0 radical (unpaired) electrons. The van der Waals surface area contributed by atoms with Crippen LogP contribution in [0, 0.1) is 18.8 Å². The van der Waals surface area contributed by atoms with Gasteiger partial charge >= 0.3 is 0 Å². The van der Waals surface area contributed by atoms with E-state index in [4.69, 9.17) is 4.74 Å². The quantitative estimate of drug-likeness (QED) is 0.507. The van der Waals surface area contributed by atoms with Gasteiger partial charge in [0.25, 0.3) is 0 Å². The molecular weight excluding hydrogens is 100 g/mol. The van der Waals surface area contributed by atoms with Crippen LogP contribution in [0.3, 0.4) is 0 Å². The summed E-state index contributed by atoms with van der Waals surface area (Å²) in [7, 11) is 1.69. The second kappa shape index (κ2) is 3.79. The van der Waals surface area contributed by atoms with Crippen molar-refractivity contribution in [3.63, 3.8) is 0 Å². The number of methoxy groups -OCH3 is 1. The van der Waals surface area contributed by atoms with E-state index >= 15 is 0 Å². The van der Waals surface area contributed by atoms with Crippen LogP contribution in [0.5, 0.6) is 0 Å². The zero-order valence-corrected chi connectivity index (χ0v) is 5.90. The predicted molar refractivity (Wildman–Crippen MR) is 35.3 cm³/mol. The van der Waals surface area contributed by atoms with Gasteiger partial charge in [0.15, 0.2) is 6.61 Å². The Labute approximate surface area is 52.0 Å². The van der Waals surface area contributed by atoms with Crippen LogP contribution in [0.25, 0.3) is 0 Å². The third-order valence-electron chi connectivity index (χ3n) is 1.15. The highest BCUT2D eigenvalue weighted by atomic mass is 16.5. The molecule has 0 atom stereocenters. The summed E-state index contributed by atoms with van der Waals surface area (Å²) in [6.45, 7) is 8.74. The Morgan fingerprint density at radius 3 is 2.25 bits per heavy atom. The SMILES string of the molecule is [CH2-][C+](COC)C(C)C. The van der Waals surface area contributed by atoms with Gasteiger partial charge < -0.3 is 4.74 Å². The molecule has 0 saturated heterocycles. The first kappa shape index (κ1) is 7.83. The molecule has 0 N–H and O–H groups in total. The van der Waals surface area contributed by atoms with Crippen LogP contribution >= 0.6 is 0 Å². The van der Waals surface area contributed by atoms with Gasteiger partial charge in [0.2, 0.25) is 0 Å². The molecule has 0 rings (SSSR count). The lowest BCUT2D eigenvalue weighted by Crippen LogP contribution is -2.07. The summed E-state index contributed by atoms with van der Waals surface area (Å²) in [5.41, 5.74) is 0. The van der Waals surface area contributed by atoms with Gasteiger partial charge in [-0.15, -0.1) is 6.92 Å². The molecule has 1 nitrogen and oxygen atoms in total. The van der Waals surface area contributed by atoms with Crippen molar-refractivity contribution in [2.24, 2.45) is 5.92 Å². The standard InChI is InChI=1S/C7H14O/c1-6(2)7(3)5-8-4/h6H,3,5H2,1-2,4H3. The summed E-state index contributed by atoms with van der Waals surface area (Å²) in [5.74, 6) is 1.71. The van der Waals surface area contributed by atoms with Gasteiger partial charge in [-0.1, -0.05) is 0 Å². The Kier molecular flexibility index (Phi) is 3.71. The monoisotopic (exact) mass is 114 g/mol. The molecule has 0 unspecified atom stereocenters. The smallest absolute Gasteiger partial charge is 0.158 e. The fourth-order valence-electron chi connectivity index (χ4n) is 0.352. The fourth-order valence-corrected chi connectivity index (χ4v) is 0.352. The Balaban J connectivity index is 3.17. The third kappa shape index (κ3) is 2.92. The van der Waals surface area contributed by atoms with E-state index in [0.29, 0.717) is 12.5 Å². The van der Waals surface area contributed by atoms with Crippen molar-refractivity contribution >= 4 is 0 Å². The first-order valence-corrected chi connectivity index (χ1v) is 2.85. The Hall–Kier alpha value is -0.170. The maximum atomic E-state index is 4.87. The van der Waals surface area contributed by atoms with Crippen molar-refractivity contribution < 1.29 is 4.74 Å². The molecule has 48 valence electrons. The van der Waals surface area contributed by atoms with Gasteiger partial charge in [0, 0.05) is 7.11 Å². The van der Waals surface area contributed by atoms with E-state index in [1.165, 1.54) is 0 Å². The highest BCUT2D eigenvalue weighted by Crippen LogP contribution is 2.10. The van der Waals surface area contributed by atoms with Crippen LogP contribution in [0.4, 0.5) is 0 Å². The molecule has 0 aliphatic rings. The molecule has 0 spiro atoms. The molecule has 0 aliphatic heterocycles. The van der Waals surface area contributed by atoms with E-state index in [2.05, 4.69) is 20.8 Å². The zero-order chi connectivity index (χ0) is 6.57. The summed E-state index contributed by atoms with van der Waals surface area (Å²) in [6.07, 6.45) is 0. The first-order valence-electron chi connectivity index (χ1n) is 2.85. The second-order valence-corrected chi connectivity index (χ2v) is 2.25. The maximum Gasteiger partial charge on any atom is 0.158 e. The molecule has 8 heavy (non-hydrogen) atoms. The van der Waals surface area contributed by atoms with Gasteiger partial charge in [-0.2, -0.15) is 0 Å². The Morgan fingerprint density at radius 1 is 1.62 bits per heavy atom. The summed E-state index contributed by atoms with van der Waals surface area (Å²) < 4.78 is 4.87. The predicted octanol–water partition coefficient (Wildman–Crippen LogP) is 1.70. The molecule has 0 fully saturated rings. The normalized spacial score (nSPS) is 10.1. The molecule has 0 aromatic carbocycles. The zero-order valence-electron chi connectivity index (χ0n) is 5.90. The largest absolute Gasteiger partial charge is 0.346 e. The van der Waals surface area contributed by atoms with E-state index in [-0.39, 0.29) is 0 Å². The van der Waals surface area contributed by atoms with Gasteiger partial charge in [-0.25, -0.2) is 0 Å². The highest BCUT2D eigenvalue weighted by Gasteiger charge is 2.08. The average Bonchev–Trinajstić information content (AvgIpc) is 1.67. The lowest BCUT2D eigenvalue weighted by atomic mass is 10.00. The van der Waals surface area contributed by atoms with E-state index in [9.17, 15) is 0 Å². The van der Waals surface area contributed by atoms with Crippen molar-refractivity contribution in [3.05, 3.63) is 12.8 Å². The van der Waals surface area contributed by atoms with Gasteiger partial charge in [0.05, 0.1) is 5.92 Å². The average molecular weight is 114 g/mol. The highest BCUT2D eigenvalue weighted by molar-refractivity contribution is 4.95. The summed E-state index contributed by atoms with van der Waals surface area (Å²) in [6, 6.07) is 0. The van der Waals surface area contributed by atoms with Gasteiger partial charge in [-0.05, 0) is 19.8 Å². The lowest BCUT2D eigenvalue weighted by Gasteiger charge is -2.08. The fraction of sp³-hybridized carbons (Fsp3) is 0.714. The van der Waals surface area contributed by atoms with Crippen molar-refractivity contribution in [2.75, 3.05) is 13.7 Å². The molecule has 1 heteroatoms. The molecule has 0 aliphatic carbocycles. The van der Waals surface area contributed by atoms with E-state index < -0.39 is 0 Å².